The fourth-order valence-electron chi connectivity index (χ4n) is 0. The summed E-state index contributed by atoms with van der Waals surface area (Å²) in [5.41, 5.74) is 1.38. The molecule has 0 spiro atoms. The van der Waals surface area contributed by atoms with Crippen molar-refractivity contribution >= 4 is 0 Å². The molecule has 0 unspecified atom stereocenters. The van der Waals surface area contributed by atoms with Crippen molar-refractivity contribution in [1.82, 2.24) is 0 Å². The zero-order valence-corrected chi connectivity index (χ0v) is 16.9. The molecule has 0 atom stereocenters. The summed E-state index contributed by atoms with van der Waals surface area (Å²) in [7, 11) is 0. The maximum absolute atomic E-state index is 2.22. The van der Waals surface area contributed by atoms with Crippen molar-refractivity contribution in [2.45, 2.75) is 102 Å². The van der Waals surface area contributed by atoms with E-state index >= 15 is 0 Å². The van der Waals surface area contributed by atoms with E-state index in [0.29, 0.717) is 0 Å². The molecule has 0 aliphatic carbocycles. The number of allylic oxidation sites excluding steroid dienone is 2. The van der Waals surface area contributed by atoms with Crippen molar-refractivity contribution < 1.29 is 0 Å². The van der Waals surface area contributed by atoms with E-state index in [1.54, 1.807) is 0 Å². The van der Waals surface area contributed by atoms with E-state index in [1.165, 1.54) is 24.8 Å². The van der Waals surface area contributed by atoms with E-state index in [4.69, 9.17) is 0 Å². The smallest absolute Gasteiger partial charge is 0.0442 e. The topological polar surface area (TPSA) is 0 Å². The van der Waals surface area contributed by atoms with Gasteiger partial charge in [0.25, 0.3) is 0 Å². The van der Waals surface area contributed by atoms with Crippen LogP contribution < -0.4 is 0 Å². The van der Waals surface area contributed by atoms with E-state index in [-0.39, 0.29) is 0 Å². The predicted molar refractivity (Wildman–Crippen MR) is 100 cm³/mol. The summed E-state index contributed by atoms with van der Waals surface area (Å²) in [6, 6.07) is 0. The number of hydrogen-bond acceptors (Lipinski definition) is 0. The summed E-state index contributed by atoms with van der Waals surface area (Å²) in [6.07, 6.45) is 6.00. The third-order valence-electron chi connectivity index (χ3n) is 3.03. The summed E-state index contributed by atoms with van der Waals surface area (Å²) in [5.74, 6) is 2.65. The van der Waals surface area contributed by atoms with Crippen molar-refractivity contribution in [3.63, 3.8) is 0 Å². The third-order valence-corrected chi connectivity index (χ3v) is 3.03. The molecule has 0 saturated heterocycles. The van der Waals surface area contributed by atoms with Crippen molar-refractivity contribution in [1.29, 1.82) is 0 Å². The first-order valence-corrected chi connectivity index (χ1v) is 8.68. The molecule has 0 aliphatic rings. The molecule has 0 amide bonds. The SMILES string of the molecule is CC=C(C)C.CCC(C)C.CCC(C)C.CCC(C)C. The third kappa shape index (κ3) is 83.0. The van der Waals surface area contributed by atoms with Gasteiger partial charge in [0.2, 0.25) is 0 Å². The molecule has 0 heterocycles. The first-order chi connectivity index (χ1) is 9.08. The minimum atomic E-state index is 0.884. The Labute approximate surface area is 132 Å². The van der Waals surface area contributed by atoms with Crippen molar-refractivity contribution in [3.05, 3.63) is 11.6 Å². The van der Waals surface area contributed by atoms with Gasteiger partial charge in [-0.25, -0.2) is 0 Å². The first kappa shape index (κ1) is 28.0. The van der Waals surface area contributed by atoms with Gasteiger partial charge in [-0.05, 0) is 38.5 Å². The van der Waals surface area contributed by atoms with Gasteiger partial charge in [0.1, 0.15) is 0 Å². The van der Waals surface area contributed by atoms with Crippen LogP contribution in [0.4, 0.5) is 0 Å². The van der Waals surface area contributed by atoms with Crippen LogP contribution in [-0.4, -0.2) is 0 Å². The summed E-state index contributed by atoms with van der Waals surface area (Å²) in [5, 5.41) is 0. The maximum atomic E-state index is 2.22. The van der Waals surface area contributed by atoms with E-state index in [1.807, 2.05) is 6.92 Å². The average Bonchev–Trinajstić information content (AvgIpc) is 2.40. The standard InChI is InChI=1S/3C5H12.C5H10/c4*1-4-5(2)3/h3*5H,4H2,1-3H3;4H,1-3H3. The van der Waals surface area contributed by atoms with Gasteiger partial charge in [-0.3, -0.25) is 0 Å². The second-order valence-electron chi connectivity index (χ2n) is 6.77. The van der Waals surface area contributed by atoms with Crippen LogP contribution in [0.2, 0.25) is 0 Å². The zero-order chi connectivity index (χ0) is 17.1. The molecule has 0 radical (unpaired) electrons. The van der Waals surface area contributed by atoms with E-state index in [9.17, 15) is 0 Å². The second-order valence-corrected chi connectivity index (χ2v) is 6.77. The monoisotopic (exact) mass is 286 g/mol. The van der Waals surface area contributed by atoms with Crippen molar-refractivity contribution in [2.24, 2.45) is 17.8 Å². The highest BCUT2D eigenvalue weighted by Gasteiger charge is 1.80. The average molecular weight is 287 g/mol. The van der Waals surface area contributed by atoms with Gasteiger partial charge >= 0.3 is 0 Å². The molecule has 0 aliphatic heterocycles. The summed E-state index contributed by atoms with van der Waals surface area (Å²) in [6.45, 7) is 26.1. The van der Waals surface area contributed by atoms with Crippen molar-refractivity contribution in [2.75, 3.05) is 0 Å². The van der Waals surface area contributed by atoms with Gasteiger partial charge < -0.3 is 0 Å². The van der Waals surface area contributed by atoms with Gasteiger partial charge in [-0.15, -0.1) is 0 Å². The molecule has 0 aromatic carbocycles. The lowest BCUT2D eigenvalue weighted by molar-refractivity contribution is 0.626. The molecule has 0 heteroatoms. The second kappa shape index (κ2) is 23.8. The molecule has 20 heavy (non-hydrogen) atoms. The van der Waals surface area contributed by atoms with E-state index in [2.05, 4.69) is 82.2 Å². The van der Waals surface area contributed by atoms with Gasteiger partial charge in [-0.2, -0.15) is 0 Å². The Morgan fingerprint density at radius 3 is 0.750 bits per heavy atom. The first-order valence-electron chi connectivity index (χ1n) is 8.68. The lowest BCUT2D eigenvalue weighted by Gasteiger charge is -1.90. The molecule has 0 aromatic heterocycles. The molecule has 0 saturated carbocycles. The van der Waals surface area contributed by atoms with E-state index in [0.717, 1.165) is 17.8 Å². The van der Waals surface area contributed by atoms with Crippen LogP contribution in [0.1, 0.15) is 102 Å². The molecule has 0 aromatic rings. The Morgan fingerprint density at radius 1 is 0.650 bits per heavy atom. The fourth-order valence-corrected chi connectivity index (χ4v) is 0. The fraction of sp³-hybridized carbons (Fsp3) is 0.900. The van der Waals surface area contributed by atoms with Gasteiger partial charge in [-0.1, -0.05) is 93.2 Å². The normalized spacial score (nSPS) is 8.95. The van der Waals surface area contributed by atoms with Crippen LogP contribution in [0, 0.1) is 17.8 Å². The van der Waals surface area contributed by atoms with E-state index < -0.39 is 0 Å². The lowest BCUT2D eigenvalue weighted by atomic mass is 10.2. The minimum Gasteiger partial charge on any atom is -0.0890 e. The van der Waals surface area contributed by atoms with Crippen LogP contribution in [0.25, 0.3) is 0 Å². The summed E-state index contributed by atoms with van der Waals surface area (Å²) < 4.78 is 0. The molecular formula is C20H46. The van der Waals surface area contributed by atoms with Gasteiger partial charge in [0, 0.05) is 0 Å². The molecule has 0 N–H and O–H groups in total. The van der Waals surface area contributed by atoms with Gasteiger partial charge in [0.05, 0.1) is 0 Å². The van der Waals surface area contributed by atoms with Crippen LogP contribution >= 0.6 is 0 Å². The Morgan fingerprint density at radius 2 is 0.750 bits per heavy atom. The molecule has 0 nitrogen and oxygen atoms in total. The largest absolute Gasteiger partial charge is 0.0890 e. The molecule has 126 valence electrons. The Bertz CT molecular complexity index is 138. The van der Waals surface area contributed by atoms with Gasteiger partial charge in [0.15, 0.2) is 0 Å². The van der Waals surface area contributed by atoms with Crippen LogP contribution in [0.15, 0.2) is 11.6 Å². The lowest BCUT2D eigenvalue weighted by Crippen LogP contribution is -1.77. The minimum absolute atomic E-state index is 0.884. The molecule has 0 bridgehead atoms. The number of hydrogen-bond donors (Lipinski definition) is 0. The maximum Gasteiger partial charge on any atom is -0.0442 e. The molecular weight excluding hydrogens is 240 g/mol. The zero-order valence-electron chi connectivity index (χ0n) is 16.9. The molecule has 0 rings (SSSR count). The number of rotatable bonds is 3. The highest BCUT2D eigenvalue weighted by Crippen LogP contribution is 1.94. The van der Waals surface area contributed by atoms with Crippen LogP contribution in [0.3, 0.4) is 0 Å². The quantitative estimate of drug-likeness (QED) is 0.459. The van der Waals surface area contributed by atoms with Crippen molar-refractivity contribution in [3.8, 4) is 0 Å². The summed E-state index contributed by atoms with van der Waals surface area (Å²) >= 11 is 0. The summed E-state index contributed by atoms with van der Waals surface area (Å²) in [4.78, 5) is 0. The highest BCUT2D eigenvalue weighted by atomic mass is 13.9. The Hall–Kier alpha value is -0.260. The van der Waals surface area contributed by atoms with Crippen LogP contribution in [-0.2, 0) is 0 Å². The predicted octanol–water partition coefficient (Wildman–Crippen LogP) is 8.13. The highest BCUT2D eigenvalue weighted by molar-refractivity contribution is 4.88. The Balaban J connectivity index is -0.0000000853. The Kier molecular flexibility index (Phi) is 33.3. The van der Waals surface area contributed by atoms with Crippen LogP contribution in [0.5, 0.6) is 0 Å². The molecule has 0 fully saturated rings.